The van der Waals surface area contributed by atoms with Crippen LogP contribution in [0.25, 0.3) is 0 Å². The highest BCUT2D eigenvalue weighted by Crippen LogP contribution is 2.18. The maximum Gasteiger partial charge on any atom is 0.232 e. The van der Waals surface area contributed by atoms with Crippen molar-refractivity contribution in [3.8, 4) is 0 Å². The first-order chi connectivity index (χ1) is 14.0. The molecule has 1 aliphatic rings. The van der Waals surface area contributed by atoms with Gasteiger partial charge < -0.3 is 10.1 Å². The zero-order valence-corrected chi connectivity index (χ0v) is 19.3. The molecule has 0 radical (unpaired) electrons. The summed E-state index contributed by atoms with van der Waals surface area (Å²) < 4.78 is 5.32. The lowest BCUT2D eigenvalue weighted by Crippen LogP contribution is -2.35. The van der Waals surface area contributed by atoms with E-state index >= 15 is 0 Å². The molecule has 6 nitrogen and oxygen atoms in total. The zero-order chi connectivity index (χ0) is 21.9. The number of carbonyl (C=O) groups is 3. The number of nitrogens with zero attached hydrogens (tertiary/aromatic N) is 1. The monoisotopic (exact) mass is 412 g/mol. The van der Waals surface area contributed by atoms with E-state index in [0.29, 0.717) is 19.8 Å². The molecule has 0 aromatic carbocycles. The van der Waals surface area contributed by atoms with Crippen LogP contribution in [0.3, 0.4) is 0 Å². The molecule has 1 fully saturated rings. The Balaban J connectivity index is 0.000000734. The zero-order valence-electron chi connectivity index (χ0n) is 19.3. The Labute approximate surface area is 178 Å². The molecule has 1 rings (SSSR count). The third kappa shape index (κ3) is 14.2. The van der Waals surface area contributed by atoms with Crippen LogP contribution in [-0.2, 0) is 19.1 Å². The molecule has 0 bridgehead atoms. The Morgan fingerprint density at radius 2 is 1.55 bits per heavy atom. The number of imide groups is 1. The van der Waals surface area contributed by atoms with E-state index in [4.69, 9.17) is 4.74 Å². The van der Waals surface area contributed by atoms with Crippen molar-refractivity contribution in [1.82, 2.24) is 10.2 Å². The van der Waals surface area contributed by atoms with Gasteiger partial charge in [0, 0.05) is 38.5 Å². The highest BCUT2D eigenvalue weighted by atomic mass is 16.5. The van der Waals surface area contributed by atoms with Crippen LogP contribution < -0.4 is 5.32 Å². The number of ether oxygens (including phenoxy) is 1. The van der Waals surface area contributed by atoms with Gasteiger partial charge in [-0.1, -0.05) is 79.1 Å². The number of unbranched alkanes of at least 4 members (excludes halogenated alkanes) is 7. The van der Waals surface area contributed by atoms with Gasteiger partial charge >= 0.3 is 0 Å². The van der Waals surface area contributed by atoms with Gasteiger partial charge in [0.15, 0.2) is 0 Å². The minimum atomic E-state index is -0.252. The van der Waals surface area contributed by atoms with Crippen LogP contribution in [0.1, 0.15) is 98.3 Å². The van der Waals surface area contributed by atoms with Gasteiger partial charge in [-0.15, -0.1) is 0 Å². The summed E-state index contributed by atoms with van der Waals surface area (Å²) in [5.41, 5.74) is 0. The van der Waals surface area contributed by atoms with Crippen LogP contribution in [0.4, 0.5) is 0 Å². The van der Waals surface area contributed by atoms with Crippen molar-refractivity contribution in [3.05, 3.63) is 0 Å². The van der Waals surface area contributed by atoms with Gasteiger partial charge in [-0.25, -0.2) is 0 Å². The highest BCUT2D eigenvalue weighted by Gasteiger charge is 2.35. The summed E-state index contributed by atoms with van der Waals surface area (Å²) in [6.45, 7) is 10.2. The summed E-state index contributed by atoms with van der Waals surface area (Å²) in [5.74, 6) is -0.773. The topological polar surface area (TPSA) is 75.7 Å². The fourth-order valence-electron chi connectivity index (χ4n) is 3.03. The number of likely N-dealkylation sites (tertiary alicyclic amines) is 1. The molecular weight excluding hydrogens is 368 g/mol. The number of hydrogen-bond acceptors (Lipinski definition) is 4. The Morgan fingerprint density at radius 1 is 0.966 bits per heavy atom. The van der Waals surface area contributed by atoms with E-state index in [2.05, 4.69) is 26.1 Å². The van der Waals surface area contributed by atoms with Crippen LogP contribution in [-0.4, -0.2) is 48.9 Å². The molecule has 1 atom stereocenters. The van der Waals surface area contributed by atoms with Crippen LogP contribution in [0, 0.1) is 5.92 Å². The normalized spacial score (nSPS) is 16.0. The van der Waals surface area contributed by atoms with E-state index in [9.17, 15) is 14.4 Å². The summed E-state index contributed by atoms with van der Waals surface area (Å²) in [6.07, 6.45) is 12.5. The molecule has 0 aromatic rings. The molecule has 0 aromatic heterocycles. The van der Waals surface area contributed by atoms with Gasteiger partial charge in [0.2, 0.25) is 17.7 Å². The second kappa shape index (κ2) is 18.6. The number of carbonyl (C=O) groups excluding carboxylic acids is 3. The summed E-state index contributed by atoms with van der Waals surface area (Å²) >= 11 is 0. The van der Waals surface area contributed by atoms with Crippen LogP contribution in [0.2, 0.25) is 0 Å². The lowest BCUT2D eigenvalue weighted by molar-refractivity contribution is -0.139. The molecule has 6 heteroatoms. The molecule has 1 heterocycles. The molecule has 1 unspecified atom stereocenters. The SMILES string of the molecule is CCCCCCCCC.CCCCOCCNC(=O)CCN1C(=O)CC(C)C1=O. The lowest BCUT2D eigenvalue weighted by atomic mass is 10.1. The Kier molecular flexibility index (Phi) is 17.7. The smallest absolute Gasteiger partial charge is 0.232 e. The first-order valence-electron chi connectivity index (χ1n) is 11.7. The summed E-state index contributed by atoms with van der Waals surface area (Å²) in [4.78, 5) is 35.9. The van der Waals surface area contributed by atoms with Gasteiger partial charge in [-0.2, -0.15) is 0 Å². The molecule has 1 N–H and O–H groups in total. The van der Waals surface area contributed by atoms with Crippen molar-refractivity contribution in [2.75, 3.05) is 26.3 Å². The second-order valence-electron chi connectivity index (χ2n) is 7.82. The molecule has 0 saturated carbocycles. The minimum absolute atomic E-state index is 0.152. The van der Waals surface area contributed by atoms with Crippen molar-refractivity contribution in [2.24, 2.45) is 5.92 Å². The summed E-state index contributed by atoms with van der Waals surface area (Å²) in [6, 6.07) is 0. The Morgan fingerprint density at radius 3 is 2.07 bits per heavy atom. The van der Waals surface area contributed by atoms with Gasteiger partial charge in [0.25, 0.3) is 0 Å². The van der Waals surface area contributed by atoms with E-state index in [0.717, 1.165) is 12.8 Å². The average Bonchev–Trinajstić information content (AvgIpc) is 2.95. The number of rotatable bonds is 15. The van der Waals surface area contributed by atoms with Crippen molar-refractivity contribution in [3.63, 3.8) is 0 Å². The second-order valence-corrected chi connectivity index (χ2v) is 7.82. The third-order valence-electron chi connectivity index (χ3n) is 4.95. The predicted molar refractivity (Wildman–Crippen MR) is 118 cm³/mol. The molecule has 170 valence electrons. The van der Waals surface area contributed by atoms with Crippen LogP contribution >= 0.6 is 0 Å². The van der Waals surface area contributed by atoms with Crippen molar-refractivity contribution < 1.29 is 19.1 Å². The van der Waals surface area contributed by atoms with Gasteiger partial charge in [-0.05, 0) is 6.42 Å². The van der Waals surface area contributed by atoms with E-state index in [1.54, 1.807) is 6.92 Å². The highest BCUT2D eigenvalue weighted by molar-refractivity contribution is 6.03. The molecule has 0 aliphatic carbocycles. The quantitative estimate of drug-likeness (QED) is 0.318. The Bertz CT molecular complexity index is 448. The van der Waals surface area contributed by atoms with Gasteiger partial charge in [0.05, 0.1) is 6.61 Å². The Hall–Kier alpha value is -1.43. The van der Waals surface area contributed by atoms with Crippen LogP contribution in [0.5, 0.6) is 0 Å². The fraction of sp³-hybridized carbons (Fsp3) is 0.870. The van der Waals surface area contributed by atoms with Crippen LogP contribution in [0.15, 0.2) is 0 Å². The summed E-state index contributed by atoms with van der Waals surface area (Å²) in [5, 5.41) is 2.71. The van der Waals surface area contributed by atoms with Gasteiger partial charge in [0.1, 0.15) is 0 Å². The predicted octanol–water partition coefficient (Wildman–Crippen LogP) is 4.46. The minimum Gasteiger partial charge on any atom is -0.380 e. The van der Waals surface area contributed by atoms with E-state index in [-0.39, 0.29) is 43.0 Å². The molecular formula is C23H44N2O4. The number of hydrogen-bond donors (Lipinski definition) is 1. The van der Waals surface area contributed by atoms with E-state index < -0.39 is 0 Å². The fourth-order valence-corrected chi connectivity index (χ4v) is 3.03. The number of amides is 3. The van der Waals surface area contributed by atoms with Gasteiger partial charge in [-0.3, -0.25) is 19.3 Å². The number of nitrogens with one attached hydrogen (secondary N) is 1. The molecule has 1 aliphatic heterocycles. The molecule has 29 heavy (non-hydrogen) atoms. The largest absolute Gasteiger partial charge is 0.380 e. The third-order valence-corrected chi connectivity index (χ3v) is 4.95. The first kappa shape index (κ1) is 27.6. The first-order valence-corrected chi connectivity index (χ1v) is 11.7. The molecule has 0 spiro atoms. The molecule has 1 saturated heterocycles. The van der Waals surface area contributed by atoms with E-state index in [1.165, 1.54) is 49.8 Å². The summed E-state index contributed by atoms with van der Waals surface area (Å²) in [7, 11) is 0. The van der Waals surface area contributed by atoms with Crippen molar-refractivity contribution in [2.45, 2.75) is 98.3 Å². The maximum atomic E-state index is 11.6. The lowest BCUT2D eigenvalue weighted by Gasteiger charge is -2.14. The van der Waals surface area contributed by atoms with Crippen molar-refractivity contribution >= 4 is 17.7 Å². The van der Waals surface area contributed by atoms with Crippen molar-refractivity contribution in [1.29, 1.82) is 0 Å². The van der Waals surface area contributed by atoms with E-state index in [1.807, 2.05) is 0 Å². The molecule has 3 amide bonds. The maximum absolute atomic E-state index is 11.6. The standard InChI is InChI=1S/C14H24N2O4.C9H20/c1-3-4-8-20-9-6-15-12(17)5-7-16-13(18)10-11(2)14(16)19;1-3-5-7-9-8-6-4-2/h11H,3-10H2,1-2H3,(H,15,17);3-9H2,1-2H3. The average molecular weight is 413 g/mol.